The molecule has 9 nitrogen and oxygen atoms in total. The van der Waals surface area contributed by atoms with Gasteiger partial charge in [0.15, 0.2) is 10.8 Å². The summed E-state index contributed by atoms with van der Waals surface area (Å²) in [5.41, 5.74) is -0.0787. The number of hydrogen-bond donors (Lipinski definition) is 0. The highest BCUT2D eigenvalue weighted by molar-refractivity contribution is 7.92. The first-order chi connectivity index (χ1) is 19.4. The molecule has 0 radical (unpaired) electrons. The second-order valence-corrected chi connectivity index (χ2v) is 12.4. The molecule has 0 amide bonds. The summed E-state index contributed by atoms with van der Waals surface area (Å²) in [5, 5.41) is 11.0. The van der Waals surface area contributed by atoms with Crippen LogP contribution in [0.25, 0.3) is 11.8 Å². The Balaban J connectivity index is 1.44. The molecule has 0 N–H and O–H groups in total. The minimum absolute atomic E-state index is 0.0589. The van der Waals surface area contributed by atoms with Gasteiger partial charge in [0.05, 0.1) is 40.0 Å². The fraction of sp³-hybridized carbons (Fsp3) is 0.296. The van der Waals surface area contributed by atoms with Crippen molar-refractivity contribution in [1.29, 1.82) is 0 Å². The number of allylic oxidation sites excluding steroid dienone is 1. The number of sulfone groups is 1. The predicted molar refractivity (Wildman–Crippen MR) is 137 cm³/mol. The molecule has 2 atom stereocenters. The molecule has 2 aliphatic rings. The third kappa shape index (κ3) is 4.55. The van der Waals surface area contributed by atoms with Crippen LogP contribution in [0.15, 0.2) is 65.6 Å². The minimum atomic E-state index is -4.63. The maximum Gasteiger partial charge on any atom is 0.417 e. The Kier molecular flexibility index (Phi) is 6.21. The third-order valence-electron chi connectivity index (χ3n) is 7.75. The molecule has 0 saturated heterocycles. The molecule has 1 fully saturated rings. The van der Waals surface area contributed by atoms with Gasteiger partial charge in [-0.1, -0.05) is 5.57 Å². The highest BCUT2D eigenvalue weighted by Crippen LogP contribution is 2.51. The summed E-state index contributed by atoms with van der Waals surface area (Å²) in [5.74, 6) is -0.985. The fourth-order valence-corrected chi connectivity index (χ4v) is 7.39. The van der Waals surface area contributed by atoms with Gasteiger partial charge in [-0.05, 0) is 73.7 Å². The predicted octanol–water partition coefficient (Wildman–Crippen LogP) is 4.39. The second kappa shape index (κ2) is 9.43. The molecule has 0 aliphatic heterocycles. The Morgan fingerprint density at radius 3 is 2.44 bits per heavy atom. The number of carbonyl (C=O) groups excluding carboxylic acids is 1. The Morgan fingerprint density at radius 2 is 1.80 bits per heavy atom. The van der Waals surface area contributed by atoms with Gasteiger partial charge in [0, 0.05) is 13.2 Å². The van der Waals surface area contributed by atoms with Gasteiger partial charge in [-0.25, -0.2) is 17.5 Å². The zero-order valence-electron chi connectivity index (χ0n) is 21.5. The van der Waals surface area contributed by atoms with Crippen LogP contribution in [0, 0.1) is 11.2 Å². The summed E-state index contributed by atoms with van der Waals surface area (Å²) in [6.45, 7) is 0. The van der Waals surface area contributed by atoms with E-state index in [4.69, 9.17) is 0 Å². The number of hydrogen-bond acceptors (Lipinski definition) is 7. The fourth-order valence-electron chi connectivity index (χ4n) is 5.69. The van der Waals surface area contributed by atoms with Crippen molar-refractivity contribution >= 4 is 21.7 Å². The average Bonchev–Trinajstić information content (AvgIpc) is 3.57. The summed E-state index contributed by atoms with van der Waals surface area (Å²) in [4.78, 5) is 19.1. The van der Waals surface area contributed by atoms with E-state index in [1.807, 2.05) is 0 Å². The molecule has 2 aliphatic carbocycles. The molecular weight excluding hydrogens is 564 g/mol. The van der Waals surface area contributed by atoms with Crippen LogP contribution in [-0.2, 0) is 29.5 Å². The lowest BCUT2D eigenvalue weighted by molar-refractivity contribution is -0.137. The lowest BCUT2D eigenvalue weighted by atomic mass is 9.61. The molecular formula is C27H22F4N6O3S. The zero-order chi connectivity index (χ0) is 29.2. The van der Waals surface area contributed by atoms with Gasteiger partial charge in [-0.3, -0.25) is 9.78 Å². The molecule has 212 valence electrons. The van der Waals surface area contributed by atoms with Crippen LogP contribution in [-0.4, -0.2) is 49.2 Å². The number of rotatable bonds is 5. The molecule has 3 heterocycles. The first kappa shape index (κ1) is 27.0. The van der Waals surface area contributed by atoms with Gasteiger partial charge in [-0.2, -0.15) is 28.2 Å². The van der Waals surface area contributed by atoms with Crippen LogP contribution in [0.1, 0.15) is 46.6 Å². The van der Waals surface area contributed by atoms with Crippen LogP contribution in [0.4, 0.5) is 17.6 Å². The van der Waals surface area contributed by atoms with E-state index in [1.165, 1.54) is 19.2 Å². The van der Waals surface area contributed by atoms with Crippen molar-refractivity contribution in [1.82, 2.24) is 29.8 Å². The summed E-state index contributed by atoms with van der Waals surface area (Å²) in [7, 11) is -2.50. The maximum absolute atomic E-state index is 14.2. The molecule has 3 aromatic heterocycles. The summed E-state index contributed by atoms with van der Waals surface area (Å²) >= 11 is 0. The Morgan fingerprint density at radius 1 is 1.05 bits per heavy atom. The van der Waals surface area contributed by atoms with E-state index >= 15 is 0 Å². The number of fused-ring (bicyclic) bond motifs is 2. The molecule has 1 aromatic carbocycles. The topological polar surface area (TPSA) is 113 Å². The SMILES string of the molecule is Cn1ncc(S(=O)(=O)[C@H]2CCC3=Cc4c(cnn4-c4ccc(F)cc4)C[C@]3(C(=O)c3ccc(C(F)(F)F)cn3)C2)n1. The number of halogens is 4. The van der Waals surface area contributed by atoms with Crippen molar-refractivity contribution in [3.63, 3.8) is 0 Å². The van der Waals surface area contributed by atoms with Crippen molar-refractivity contribution < 1.29 is 30.8 Å². The summed E-state index contributed by atoms with van der Waals surface area (Å²) in [6, 6.07) is 7.53. The van der Waals surface area contributed by atoms with Crippen LogP contribution in [0.3, 0.4) is 0 Å². The zero-order valence-corrected chi connectivity index (χ0v) is 22.3. The standard InChI is InChI=1S/C27H22F4N6O3S/c1-36-33-15-24(35-36)41(39,40)21-8-2-17-10-23-16(13-34-37(23)20-6-4-19(28)5-7-20)11-26(17,12-21)25(38)22-9-3-18(14-32-22)27(29,30)31/h3-7,9-10,13-15,21H,2,8,11-12H2,1H3/t21-,26-/m0/s1. The third-order valence-corrected chi connectivity index (χ3v) is 9.80. The van der Waals surface area contributed by atoms with Gasteiger partial charge in [0.1, 0.15) is 11.5 Å². The van der Waals surface area contributed by atoms with Crippen molar-refractivity contribution in [3.05, 3.63) is 88.9 Å². The van der Waals surface area contributed by atoms with Crippen molar-refractivity contribution in [3.8, 4) is 5.69 Å². The highest BCUT2D eigenvalue weighted by Gasteiger charge is 2.52. The molecule has 1 saturated carbocycles. The molecule has 6 rings (SSSR count). The average molecular weight is 587 g/mol. The molecule has 0 bridgehead atoms. The Hall–Kier alpha value is -4.20. The lowest BCUT2D eigenvalue weighted by Gasteiger charge is -2.43. The number of alkyl halides is 3. The normalized spacial score (nSPS) is 20.7. The maximum atomic E-state index is 14.2. The van der Waals surface area contributed by atoms with Crippen LogP contribution < -0.4 is 0 Å². The number of nitrogens with zero attached hydrogens (tertiary/aromatic N) is 6. The van der Waals surface area contributed by atoms with Crippen molar-refractivity contribution in [2.24, 2.45) is 12.5 Å². The van der Waals surface area contributed by atoms with Gasteiger partial charge < -0.3 is 0 Å². The first-order valence-corrected chi connectivity index (χ1v) is 14.2. The number of carbonyl (C=O) groups is 1. The molecule has 0 unspecified atom stereocenters. The van der Waals surface area contributed by atoms with Gasteiger partial charge in [0.25, 0.3) is 0 Å². The largest absolute Gasteiger partial charge is 0.417 e. The highest BCUT2D eigenvalue weighted by atomic mass is 32.2. The van der Waals surface area contributed by atoms with E-state index in [1.54, 1.807) is 29.1 Å². The monoisotopic (exact) mass is 586 g/mol. The number of benzene rings is 1. The lowest BCUT2D eigenvalue weighted by Crippen LogP contribution is -2.46. The van der Waals surface area contributed by atoms with E-state index in [-0.39, 0.29) is 36.4 Å². The number of pyridine rings is 1. The number of Topliss-reactive ketones (excluding diaryl/α,β-unsaturated/α-hetero) is 1. The van der Waals surface area contributed by atoms with Gasteiger partial charge in [-0.15, -0.1) is 5.10 Å². The van der Waals surface area contributed by atoms with Crippen molar-refractivity contribution in [2.45, 2.75) is 42.1 Å². The first-order valence-electron chi connectivity index (χ1n) is 12.6. The van der Waals surface area contributed by atoms with Crippen molar-refractivity contribution in [2.75, 3.05) is 0 Å². The molecule has 4 aromatic rings. The van der Waals surface area contributed by atoms with E-state index in [2.05, 4.69) is 20.3 Å². The number of aromatic nitrogens is 6. The van der Waals surface area contributed by atoms with Crippen LogP contribution >= 0.6 is 0 Å². The molecule has 0 spiro atoms. The summed E-state index contributed by atoms with van der Waals surface area (Å²) in [6.07, 6.45) is 0.815. The van der Waals surface area contributed by atoms with E-state index in [0.717, 1.165) is 23.1 Å². The van der Waals surface area contributed by atoms with E-state index < -0.39 is 43.8 Å². The molecule has 14 heteroatoms. The number of aryl methyl sites for hydroxylation is 1. The van der Waals surface area contributed by atoms with Gasteiger partial charge >= 0.3 is 6.18 Å². The van der Waals surface area contributed by atoms with Gasteiger partial charge in [0.2, 0.25) is 9.84 Å². The number of ketones is 1. The Bertz CT molecular complexity index is 1790. The molecule has 41 heavy (non-hydrogen) atoms. The van der Waals surface area contributed by atoms with Crippen LogP contribution in [0.2, 0.25) is 0 Å². The minimum Gasteiger partial charge on any atom is -0.291 e. The summed E-state index contributed by atoms with van der Waals surface area (Å²) < 4.78 is 81.8. The van der Waals surface area contributed by atoms with E-state index in [0.29, 0.717) is 28.7 Å². The second-order valence-electron chi connectivity index (χ2n) is 10.2. The Labute approximate surface area is 231 Å². The van der Waals surface area contributed by atoms with E-state index in [9.17, 15) is 30.8 Å². The quantitative estimate of drug-likeness (QED) is 0.252. The van der Waals surface area contributed by atoms with Crippen LogP contribution in [0.5, 0.6) is 0 Å². The smallest absolute Gasteiger partial charge is 0.291 e.